The van der Waals surface area contributed by atoms with Crippen LogP contribution in [0.5, 0.6) is 0 Å². The van der Waals surface area contributed by atoms with Gasteiger partial charge in [0.2, 0.25) is 0 Å². The molecule has 0 heterocycles. The Morgan fingerprint density at radius 2 is 1.44 bits per heavy atom. The molecule has 0 aliphatic carbocycles. The van der Waals surface area contributed by atoms with Crippen molar-refractivity contribution in [2.75, 3.05) is 13.2 Å². The molecule has 9 heavy (non-hydrogen) atoms. The fourth-order valence-corrected chi connectivity index (χ4v) is 1.55. The summed E-state index contributed by atoms with van der Waals surface area (Å²) in [6, 6.07) is 0. The second kappa shape index (κ2) is 8.07. The van der Waals surface area contributed by atoms with Crippen LogP contribution >= 0.6 is 0 Å². The van der Waals surface area contributed by atoms with Crippen molar-refractivity contribution in [3.63, 3.8) is 0 Å². The summed E-state index contributed by atoms with van der Waals surface area (Å²) in [5, 5.41) is 0. The molecule has 0 aromatic carbocycles. The average Bonchev–Trinajstić information content (AvgIpc) is 1.68. The molecule has 0 unspecified atom stereocenters. The van der Waals surface area contributed by atoms with E-state index in [-0.39, 0.29) is 4.70 Å². The Bertz CT molecular complexity index is 48.2. The molecule has 0 N–H and O–H groups in total. The normalized spacial score (nSPS) is 9.33. The molecule has 2 nitrogen and oxygen atoms in total. The van der Waals surface area contributed by atoms with Gasteiger partial charge in [-0.05, 0) is 20.4 Å². The van der Waals surface area contributed by atoms with Crippen LogP contribution in [0.2, 0.25) is 6.55 Å². The molecular weight excluding hydrogens is 139 g/mol. The summed E-state index contributed by atoms with van der Waals surface area (Å²) in [5.41, 5.74) is 0. The Morgan fingerprint density at radius 3 is 1.67 bits per heavy atom. The molecule has 0 fully saturated rings. The van der Waals surface area contributed by atoms with Crippen LogP contribution in [0, 0.1) is 0 Å². The van der Waals surface area contributed by atoms with E-state index in [1.54, 1.807) is 0 Å². The van der Waals surface area contributed by atoms with Gasteiger partial charge >= 0.3 is 9.28 Å². The molecule has 0 aliphatic heterocycles. The predicted octanol–water partition coefficient (Wildman–Crippen LogP) is 1.06. The van der Waals surface area contributed by atoms with Gasteiger partial charge in [-0.15, -0.1) is 0 Å². The Morgan fingerprint density at radius 1 is 1.11 bits per heavy atom. The zero-order chi connectivity index (χ0) is 6.41. The van der Waals surface area contributed by atoms with Crippen molar-refractivity contribution in [3.8, 4) is 0 Å². The third kappa shape index (κ3) is 8.07. The SMILES string of the molecule is CCO[SiH](C)OCC.F. The molecule has 4 heteroatoms. The summed E-state index contributed by atoms with van der Waals surface area (Å²) in [4.78, 5) is 0. The summed E-state index contributed by atoms with van der Waals surface area (Å²) in [6.45, 7) is 7.58. The third-order valence-corrected chi connectivity index (χ3v) is 2.41. The molecule has 0 radical (unpaired) electrons. The first-order chi connectivity index (χ1) is 3.81. The fourth-order valence-electron chi connectivity index (χ4n) is 0.518. The Kier molecular flexibility index (Phi) is 10.6. The lowest BCUT2D eigenvalue weighted by Gasteiger charge is -2.07. The van der Waals surface area contributed by atoms with Gasteiger partial charge in [0.25, 0.3) is 0 Å². The molecule has 0 aromatic heterocycles. The second-order valence-electron chi connectivity index (χ2n) is 1.48. The van der Waals surface area contributed by atoms with Gasteiger partial charge in [-0.1, -0.05) is 0 Å². The molecule has 0 saturated heterocycles. The van der Waals surface area contributed by atoms with Gasteiger partial charge in [0.05, 0.1) is 0 Å². The molecule has 0 amide bonds. The maximum atomic E-state index is 5.20. The minimum atomic E-state index is -1.20. The quantitative estimate of drug-likeness (QED) is 0.564. The van der Waals surface area contributed by atoms with Crippen molar-refractivity contribution in [1.29, 1.82) is 0 Å². The van der Waals surface area contributed by atoms with Crippen molar-refractivity contribution in [2.24, 2.45) is 0 Å². The highest BCUT2D eigenvalue weighted by Crippen LogP contribution is 1.85. The van der Waals surface area contributed by atoms with E-state index in [4.69, 9.17) is 8.85 Å². The minimum absolute atomic E-state index is 0. The van der Waals surface area contributed by atoms with E-state index in [2.05, 4.69) is 0 Å². The molecule has 0 spiro atoms. The van der Waals surface area contributed by atoms with E-state index in [1.807, 2.05) is 20.4 Å². The average molecular weight is 154 g/mol. The summed E-state index contributed by atoms with van der Waals surface area (Å²) in [5.74, 6) is 0. The van der Waals surface area contributed by atoms with Crippen LogP contribution in [-0.4, -0.2) is 22.5 Å². The highest BCUT2D eigenvalue weighted by Gasteiger charge is 1.99. The van der Waals surface area contributed by atoms with Gasteiger partial charge in [0.15, 0.2) is 0 Å². The predicted molar refractivity (Wildman–Crippen MR) is 38.8 cm³/mol. The Hall–Kier alpha value is 0.0669. The Balaban J connectivity index is 0. The van der Waals surface area contributed by atoms with Crippen LogP contribution in [0.4, 0.5) is 4.70 Å². The van der Waals surface area contributed by atoms with Gasteiger partial charge in [-0.3, -0.25) is 4.70 Å². The van der Waals surface area contributed by atoms with Crippen molar-refractivity contribution in [3.05, 3.63) is 0 Å². The molecule has 0 bridgehead atoms. The van der Waals surface area contributed by atoms with Gasteiger partial charge in [0.1, 0.15) is 0 Å². The lowest BCUT2D eigenvalue weighted by Crippen LogP contribution is -2.17. The lowest BCUT2D eigenvalue weighted by atomic mass is 10.9. The van der Waals surface area contributed by atoms with E-state index < -0.39 is 9.28 Å². The second-order valence-corrected chi connectivity index (χ2v) is 3.28. The summed E-state index contributed by atoms with van der Waals surface area (Å²) >= 11 is 0. The van der Waals surface area contributed by atoms with E-state index >= 15 is 0 Å². The van der Waals surface area contributed by atoms with E-state index in [0.29, 0.717) is 0 Å². The number of hydrogen-bond donors (Lipinski definition) is 0. The van der Waals surface area contributed by atoms with Gasteiger partial charge in [-0.2, -0.15) is 0 Å². The largest absolute Gasteiger partial charge is 0.397 e. The molecule has 0 atom stereocenters. The molecule has 0 rings (SSSR count). The van der Waals surface area contributed by atoms with Crippen LogP contribution in [0.3, 0.4) is 0 Å². The van der Waals surface area contributed by atoms with E-state index in [1.165, 1.54) is 0 Å². The highest BCUT2D eigenvalue weighted by atomic mass is 28.3. The summed E-state index contributed by atoms with van der Waals surface area (Å²) in [6.07, 6.45) is 0. The zero-order valence-electron chi connectivity index (χ0n) is 6.22. The lowest BCUT2D eigenvalue weighted by molar-refractivity contribution is 0.219. The maximum absolute atomic E-state index is 5.20. The molecule has 0 saturated carbocycles. The molecule has 0 aliphatic rings. The first-order valence-electron chi connectivity index (χ1n) is 3.04. The monoisotopic (exact) mass is 154 g/mol. The van der Waals surface area contributed by atoms with Crippen LogP contribution in [0.15, 0.2) is 0 Å². The summed E-state index contributed by atoms with van der Waals surface area (Å²) < 4.78 is 10.4. The van der Waals surface area contributed by atoms with Gasteiger partial charge in [-0.25, -0.2) is 0 Å². The van der Waals surface area contributed by atoms with Crippen molar-refractivity contribution < 1.29 is 13.6 Å². The standard InChI is InChI=1S/C5H14O2Si.FH/c1-4-6-8(3)7-5-2;/h8H,4-5H2,1-3H3;1H. The number of rotatable bonds is 4. The third-order valence-electron chi connectivity index (χ3n) is 0.803. The zero-order valence-corrected chi connectivity index (χ0v) is 7.37. The van der Waals surface area contributed by atoms with Gasteiger partial charge < -0.3 is 8.85 Å². The minimum Gasteiger partial charge on any atom is -0.397 e. The van der Waals surface area contributed by atoms with Crippen molar-refractivity contribution >= 4 is 9.28 Å². The van der Waals surface area contributed by atoms with Crippen LogP contribution < -0.4 is 0 Å². The topological polar surface area (TPSA) is 18.5 Å². The fraction of sp³-hybridized carbons (Fsp3) is 1.00. The first kappa shape index (κ1) is 11.8. The smallest absolute Gasteiger partial charge is 0.318 e. The summed E-state index contributed by atoms with van der Waals surface area (Å²) in [7, 11) is -1.20. The van der Waals surface area contributed by atoms with Crippen molar-refractivity contribution in [1.82, 2.24) is 0 Å². The Labute approximate surface area is 57.4 Å². The number of hydrogen-bond acceptors (Lipinski definition) is 2. The van der Waals surface area contributed by atoms with Gasteiger partial charge in [0, 0.05) is 13.2 Å². The molecule has 0 aromatic rings. The first-order valence-corrected chi connectivity index (χ1v) is 5.14. The molecular formula is C5H15FO2Si. The maximum Gasteiger partial charge on any atom is 0.318 e. The molecule has 58 valence electrons. The van der Waals surface area contributed by atoms with Crippen LogP contribution in [-0.2, 0) is 8.85 Å². The van der Waals surface area contributed by atoms with Crippen molar-refractivity contribution in [2.45, 2.75) is 20.4 Å². The van der Waals surface area contributed by atoms with E-state index in [0.717, 1.165) is 13.2 Å². The number of halogens is 1. The van der Waals surface area contributed by atoms with Crippen LogP contribution in [0.1, 0.15) is 13.8 Å². The van der Waals surface area contributed by atoms with E-state index in [9.17, 15) is 0 Å². The van der Waals surface area contributed by atoms with Crippen LogP contribution in [0.25, 0.3) is 0 Å². The highest BCUT2D eigenvalue weighted by molar-refractivity contribution is 6.42.